The van der Waals surface area contributed by atoms with Gasteiger partial charge in [0.25, 0.3) is 0 Å². The number of hydrogen-bond donors (Lipinski definition) is 0. The van der Waals surface area contributed by atoms with Gasteiger partial charge < -0.3 is 4.90 Å². The van der Waals surface area contributed by atoms with Crippen molar-refractivity contribution in [2.45, 2.75) is 0 Å². The molecule has 0 radical (unpaired) electrons. The molecule has 126 valence electrons. The summed E-state index contributed by atoms with van der Waals surface area (Å²) >= 11 is 0. The smallest absolute Gasteiger partial charge is 0.0701 e. The third-order valence-electron chi connectivity index (χ3n) is 4.43. The Hall–Kier alpha value is -3.46. The summed E-state index contributed by atoms with van der Waals surface area (Å²) in [6, 6.07) is 28.8. The van der Waals surface area contributed by atoms with E-state index in [1.807, 2.05) is 48.8 Å². The zero-order valence-electron chi connectivity index (χ0n) is 14.6. The molecular weight excluding hydrogens is 318 g/mol. The van der Waals surface area contributed by atoms with E-state index in [9.17, 15) is 0 Å². The summed E-state index contributed by atoms with van der Waals surface area (Å²) in [7, 11) is 2.07. The van der Waals surface area contributed by atoms with E-state index in [0.29, 0.717) is 0 Å². The Labute approximate surface area is 153 Å². The van der Waals surface area contributed by atoms with Crippen molar-refractivity contribution in [3.8, 4) is 22.5 Å². The Bertz CT molecular complexity index is 880. The molecule has 2 aromatic heterocycles. The predicted octanol–water partition coefficient (Wildman–Crippen LogP) is 5.58. The van der Waals surface area contributed by atoms with E-state index >= 15 is 0 Å². The van der Waals surface area contributed by atoms with Gasteiger partial charge in [-0.05, 0) is 48.5 Å². The average Bonchev–Trinajstić information content (AvgIpc) is 2.75. The van der Waals surface area contributed by atoms with Gasteiger partial charge in [0.1, 0.15) is 0 Å². The molecule has 0 saturated heterocycles. The second kappa shape index (κ2) is 7.19. The maximum atomic E-state index is 4.40. The number of rotatable bonds is 4. The summed E-state index contributed by atoms with van der Waals surface area (Å²) in [6.07, 6.45) is 3.64. The Morgan fingerprint density at radius 1 is 0.538 bits per heavy atom. The molecule has 3 nitrogen and oxygen atoms in total. The molecule has 4 aromatic rings. The van der Waals surface area contributed by atoms with E-state index in [0.717, 1.165) is 33.9 Å². The van der Waals surface area contributed by atoms with E-state index in [2.05, 4.69) is 70.4 Å². The Morgan fingerprint density at radius 3 is 1.31 bits per heavy atom. The van der Waals surface area contributed by atoms with Crippen LogP contribution >= 0.6 is 0 Å². The lowest BCUT2D eigenvalue weighted by Crippen LogP contribution is -2.09. The van der Waals surface area contributed by atoms with E-state index in [-0.39, 0.29) is 0 Å². The fourth-order valence-electron chi connectivity index (χ4n) is 2.93. The molecule has 4 rings (SSSR count). The lowest BCUT2D eigenvalue weighted by Gasteiger charge is -2.20. The van der Waals surface area contributed by atoms with Gasteiger partial charge in [-0.3, -0.25) is 9.97 Å². The zero-order valence-corrected chi connectivity index (χ0v) is 14.6. The third-order valence-corrected chi connectivity index (χ3v) is 4.43. The van der Waals surface area contributed by atoms with E-state index in [4.69, 9.17) is 0 Å². The first-order chi connectivity index (χ1) is 12.8. The van der Waals surface area contributed by atoms with Crippen LogP contribution in [-0.4, -0.2) is 17.0 Å². The highest BCUT2D eigenvalue weighted by molar-refractivity contribution is 5.70. The Kier molecular flexibility index (Phi) is 4.44. The lowest BCUT2D eigenvalue weighted by molar-refractivity contribution is 1.21. The molecule has 0 amide bonds. The summed E-state index contributed by atoms with van der Waals surface area (Å²) in [5.74, 6) is 0. The molecule has 26 heavy (non-hydrogen) atoms. The summed E-state index contributed by atoms with van der Waals surface area (Å²) in [5, 5.41) is 0. The van der Waals surface area contributed by atoms with Crippen LogP contribution < -0.4 is 4.90 Å². The molecule has 0 aliphatic rings. The third kappa shape index (κ3) is 3.33. The molecule has 0 bridgehead atoms. The fraction of sp³-hybridized carbons (Fsp3) is 0.0435. The van der Waals surface area contributed by atoms with Gasteiger partial charge in [-0.25, -0.2) is 0 Å². The Balaban J connectivity index is 1.55. The van der Waals surface area contributed by atoms with Gasteiger partial charge in [0.05, 0.1) is 11.4 Å². The van der Waals surface area contributed by atoms with Crippen LogP contribution in [0.5, 0.6) is 0 Å². The summed E-state index contributed by atoms with van der Waals surface area (Å²) in [6.45, 7) is 0. The van der Waals surface area contributed by atoms with Crippen molar-refractivity contribution >= 4 is 11.4 Å². The normalized spacial score (nSPS) is 10.5. The first kappa shape index (κ1) is 16.0. The van der Waals surface area contributed by atoms with E-state index in [1.165, 1.54) is 0 Å². The summed E-state index contributed by atoms with van der Waals surface area (Å²) in [4.78, 5) is 11.0. The van der Waals surface area contributed by atoms with Crippen molar-refractivity contribution in [2.24, 2.45) is 0 Å². The van der Waals surface area contributed by atoms with Crippen LogP contribution in [0.3, 0.4) is 0 Å². The van der Waals surface area contributed by atoms with Crippen molar-refractivity contribution in [3.05, 3.63) is 97.3 Å². The molecule has 2 aromatic carbocycles. The molecule has 2 heterocycles. The van der Waals surface area contributed by atoms with Gasteiger partial charge in [-0.2, -0.15) is 0 Å². The minimum absolute atomic E-state index is 0.987. The zero-order chi connectivity index (χ0) is 17.8. The highest BCUT2D eigenvalue weighted by Gasteiger charge is 2.06. The number of hydrogen-bond acceptors (Lipinski definition) is 3. The molecule has 0 atom stereocenters. The van der Waals surface area contributed by atoms with Crippen LogP contribution in [0.4, 0.5) is 11.4 Å². The van der Waals surface area contributed by atoms with Crippen molar-refractivity contribution < 1.29 is 0 Å². The van der Waals surface area contributed by atoms with Crippen molar-refractivity contribution in [1.29, 1.82) is 0 Å². The number of nitrogens with zero attached hydrogens (tertiary/aromatic N) is 3. The van der Waals surface area contributed by atoms with Gasteiger partial charge >= 0.3 is 0 Å². The van der Waals surface area contributed by atoms with Gasteiger partial charge in [0.15, 0.2) is 0 Å². The van der Waals surface area contributed by atoms with Crippen LogP contribution in [0.15, 0.2) is 97.3 Å². The predicted molar refractivity (Wildman–Crippen MR) is 107 cm³/mol. The van der Waals surface area contributed by atoms with Crippen molar-refractivity contribution in [3.63, 3.8) is 0 Å². The maximum Gasteiger partial charge on any atom is 0.0701 e. The van der Waals surface area contributed by atoms with Crippen LogP contribution in [0.1, 0.15) is 0 Å². The van der Waals surface area contributed by atoms with Crippen LogP contribution in [0, 0.1) is 0 Å². The SMILES string of the molecule is CN(c1ccc(-c2ccccn2)cc1)c1ccc(-c2ccccn2)cc1. The highest BCUT2D eigenvalue weighted by Crippen LogP contribution is 2.28. The lowest BCUT2D eigenvalue weighted by atomic mass is 10.1. The highest BCUT2D eigenvalue weighted by atomic mass is 15.1. The standard InChI is InChI=1S/C23H19N3/c1-26(20-12-8-18(9-13-20)22-6-2-4-16-24-22)21-14-10-19(11-15-21)23-7-3-5-17-25-23/h2-17H,1H3. The van der Waals surface area contributed by atoms with Gasteiger partial charge in [-0.1, -0.05) is 36.4 Å². The number of benzene rings is 2. The Morgan fingerprint density at radius 2 is 0.962 bits per heavy atom. The maximum absolute atomic E-state index is 4.40. The number of pyridine rings is 2. The quantitative estimate of drug-likeness (QED) is 0.487. The molecular formula is C23H19N3. The van der Waals surface area contributed by atoms with Gasteiger partial charge in [0, 0.05) is 41.9 Å². The van der Waals surface area contributed by atoms with Gasteiger partial charge in [-0.15, -0.1) is 0 Å². The van der Waals surface area contributed by atoms with Gasteiger partial charge in [0.2, 0.25) is 0 Å². The topological polar surface area (TPSA) is 29.0 Å². The van der Waals surface area contributed by atoms with Crippen LogP contribution in [0.2, 0.25) is 0 Å². The molecule has 0 spiro atoms. The molecule has 0 saturated carbocycles. The second-order valence-electron chi connectivity index (χ2n) is 6.08. The molecule has 0 aliphatic carbocycles. The first-order valence-electron chi connectivity index (χ1n) is 8.58. The van der Waals surface area contributed by atoms with E-state index in [1.54, 1.807) is 0 Å². The van der Waals surface area contributed by atoms with Crippen LogP contribution in [0.25, 0.3) is 22.5 Å². The second-order valence-corrected chi connectivity index (χ2v) is 6.08. The van der Waals surface area contributed by atoms with Crippen molar-refractivity contribution in [2.75, 3.05) is 11.9 Å². The first-order valence-corrected chi connectivity index (χ1v) is 8.58. The molecule has 0 fully saturated rings. The summed E-state index contributed by atoms with van der Waals surface area (Å²) < 4.78 is 0. The number of anilines is 2. The molecule has 0 N–H and O–H groups in total. The minimum Gasteiger partial charge on any atom is -0.345 e. The monoisotopic (exact) mass is 337 g/mol. The average molecular weight is 337 g/mol. The van der Waals surface area contributed by atoms with Crippen molar-refractivity contribution in [1.82, 2.24) is 9.97 Å². The fourth-order valence-corrected chi connectivity index (χ4v) is 2.93. The largest absolute Gasteiger partial charge is 0.345 e. The molecule has 0 aliphatic heterocycles. The molecule has 3 heteroatoms. The number of aromatic nitrogens is 2. The van der Waals surface area contributed by atoms with E-state index < -0.39 is 0 Å². The minimum atomic E-state index is 0.987. The van der Waals surface area contributed by atoms with Crippen LogP contribution in [-0.2, 0) is 0 Å². The summed E-state index contributed by atoms with van der Waals surface area (Å²) in [5.41, 5.74) is 6.48. The molecule has 0 unspecified atom stereocenters.